The molecule has 4 rings (SSSR count). The highest BCUT2D eigenvalue weighted by Crippen LogP contribution is 2.26. The van der Waals surface area contributed by atoms with E-state index in [-0.39, 0.29) is 23.6 Å². The number of hydrogen-bond donors (Lipinski definition) is 2. The highest BCUT2D eigenvalue weighted by Gasteiger charge is 2.36. The van der Waals surface area contributed by atoms with Crippen LogP contribution in [-0.4, -0.2) is 32.8 Å². The Hall–Kier alpha value is -3.74. The number of benzene rings is 2. The van der Waals surface area contributed by atoms with Gasteiger partial charge < -0.3 is 5.32 Å². The molecule has 0 aliphatic carbocycles. The number of amides is 3. The molecule has 2 N–H and O–H groups in total. The zero-order chi connectivity index (χ0) is 19.0. The van der Waals surface area contributed by atoms with Crippen molar-refractivity contribution in [1.29, 1.82) is 0 Å². The van der Waals surface area contributed by atoms with Gasteiger partial charge in [0.2, 0.25) is 0 Å². The average molecular weight is 360 g/mol. The maximum atomic E-state index is 12.7. The van der Waals surface area contributed by atoms with Crippen molar-refractivity contribution in [2.45, 2.75) is 13.5 Å². The van der Waals surface area contributed by atoms with Crippen molar-refractivity contribution in [2.24, 2.45) is 0 Å². The number of carbonyl (C=O) groups excluding carboxylic acids is 3. The number of nitrogens with one attached hydrogen (secondary N) is 2. The normalized spacial score (nSPS) is 13.0. The lowest BCUT2D eigenvalue weighted by Gasteiger charge is -2.13. The Kier molecular flexibility index (Phi) is 4.04. The van der Waals surface area contributed by atoms with Gasteiger partial charge in [-0.2, -0.15) is 5.10 Å². The molecule has 3 amide bonds. The summed E-state index contributed by atoms with van der Waals surface area (Å²) in [5.74, 6) is -0.755. The summed E-state index contributed by atoms with van der Waals surface area (Å²) < 4.78 is 0. The molecule has 0 saturated carbocycles. The molecule has 0 atom stereocenters. The van der Waals surface area contributed by atoms with E-state index < -0.39 is 11.8 Å². The molecule has 3 aromatic rings. The van der Waals surface area contributed by atoms with Crippen molar-refractivity contribution >= 4 is 23.5 Å². The lowest BCUT2D eigenvalue weighted by atomic mass is 10.1. The van der Waals surface area contributed by atoms with E-state index in [4.69, 9.17) is 0 Å². The summed E-state index contributed by atoms with van der Waals surface area (Å²) in [6.45, 7) is 2.02. The first kappa shape index (κ1) is 16.7. The Morgan fingerprint density at radius 2 is 1.78 bits per heavy atom. The summed E-state index contributed by atoms with van der Waals surface area (Å²) in [7, 11) is 0. The predicted molar refractivity (Wildman–Crippen MR) is 98.4 cm³/mol. The van der Waals surface area contributed by atoms with Crippen LogP contribution < -0.4 is 5.32 Å². The van der Waals surface area contributed by atoms with Gasteiger partial charge in [-0.1, -0.05) is 30.3 Å². The monoisotopic (exact) mass is 360 g/mol. The molecule has 27 heavy (non-hydrogen) atoms. The van der Waals surface area contributed by atoms with Gasteiger partial charge in [-0.3, -0.25) is 24.4 Å². The third kappa shape index (κ3) is 3.10. The third-order valence-electron chi connectivity index (χ3n) is 4.36. The third-order valence-corrected chi connectivity index (χ3v) is 4.36. The second-order valence-corrected chi connectivity index (χ2v) is 6.33. The van der Waals surface area contributed by atoms with Crippen LogP contribution in [0.1, 0.15) is 42.3 Å². The van der Waals surface area contributed by atoms with Gasteiger partial charge in [0.1, 0.15) is 0 Å². The fraction of sp³-hybridized carbons (Fsp3) is 0.100. The molecule has 1 aromatic heterocycles. The van der Waals surface area contributed by atoms with Gasteiger partial charge in [0, 0.05) is 17.3 Å². The van der Waals surface area contributed by atoms with Crippen molar-refractivity contribution in [3.05, 3.63) is 82.5 Å². The molecular weight excluding hydrogens is 344 g/mol. The largest absolute Gasteiger partial charge is 0.305 e. The summed E-state index contributed by atoms with van der Waals surface area (Å²) in [5.41, 5.74) is 2.51. The van der Waals surface area contributed by atoms with Gasteiger partial charge in [0.15, 0.2) is 5.82 Å². The van der Waals surface area contributed by atoms with Crippen LogP contribution in [0, 0.1) is 6.92 Å². The number of rotatable bonds is 4. The highest BCUT2D eigenvalue weighted by molar-refractivity contribution is 6.22. The van der Waals surface area contributed by atoms with E-state index in [1.54, 1.807) is 6.07 Å². The van der Waals surface area contributed by atoms with Crippen molar-refractivity contribution in [3.63, 3.8) is 0 Å². The second-order valence-electron chi connectivity index (χ2n) is 6.33. The number of hydrogen-bond acceptors (Lipinski definition) is 4. The smallest absolute Gasteiger partial charge is 0.261 e. The Labute approximate surface area is 155 Å². The Morgan fingerprint density at radius 1 is 1.04 bits per heavy atom. The Balaban J connectivity index is 1.57. The summed E-state index contributed by atoms with van der Waals surface area (Å²) >= 11 is 0. The van der Waals surface area contributed by atoms with E-state index in [0.717, 1.165) is 11.3 Å². The molecule has 7 nitrogen and oxygen atoms in total. The SMILES string of the molecule is Cc1cc(NC(=O)c2ccc3c(c2)C(=O)N(Cc2ccccc2)C3=O)n[nH]1. The number of fused-ring (bicyclic) bond motifs is 1. The number of H-pyrrole nitrogens is 1. The standard InChI is InChI=1S/C20H16N4O3/c1-12-9-17(23-22-12)21-18(25)14-7-8-15-16(10-14)20(27)24(19(15)26)11-13-5-3-2-4-6-13/h2-10H,11H2,1H3,(H2,21,22,23,25). The summed E-state index contributed by atoms with van der Waals surface area (Å²) in [6, 6.07) is 15.5. The molecule has 134 valence electrons. The van der Waals surface area contributed by atoms with Gasteiger partial charge in [0.05, 0.1) is 17.7 Å². The molecule has 2 aromatic carbocycles. The quantitative estimate of drug-likeness (QED) is 0.700. The minimum Gasteiger partial charge on any atom is -0.305 e. The van der Waals surface area contributed by atoms with Gasteiger partial charge in [-0.15, -0.1) is 0 Å². The van der Waals surface area contributed by atoms with Crippen LogP contribution in [0.3, 0.4) is 0 Å². The van der Waals surface area contributed by atoms with Crippen LogP contribution in [0.2, 0.25) is 0 Å². The first-order chi connectivity index (χ1) is 13.0. The van der Waals surface area contributed by atoms with Crippen molar-refractivity contribution in [2.75, 3.05) is 5.32 Å². The number of aromatic nitrogens is 2. The Bertz CT molecular complexity index is 1060. The molecular formula is C20H16N4O3. The molecule has 0 saturated heterocycles. The number of carbonyl (C=O) groups is 3. The topological polar surface area (TPSA) is 95.2 Å². The molecule has 0 fully saturated rings. The van der Waals surface area contributed by atoms with E-state index in [2.05, 4.69) is 15.5 Å². The first-order valence-corrected chi connectivity index (χ1v) is 8.40. The number of imide groups is 1. The highest BCUT2D eigenvalue weighted by atomic mass is 16.2. The van der Waals surface area contributed by atoms with Crippen LogP contribution in [0.4, 0.5) is 5.82 Å². The van der Waals surface area contributed by atoms with Crippen LogP contribution in [-0.2, 0) is 6.54 Å². The van der Waals surface area contributed by atoms with Crippen LogP contribution >= 0.6 is 0 Å². The van der Waals surface area contributed by atoms with Gasteiger partial charge in [-0.05, 0) is 30.7 Å². The fourth-order valence-electron chi connectivity index (χ4n) is 3.01. The summed E-state index contributed by atoms with van der Waals surface area (Å²) in [4.78, 5) is 38.9. The van der Waals surface area contributed by atoms with E-state index in [9.17, 15) is 14.4 Å². The molecule has 0 bridgehead atoms. The lowest BCUT2D eigenvalue weighted by molar-refractivity contribution is 0.0642. The van der Waals surface area contributed by atoms with Gasteiger partial charge >= 0.3 is 0 Å². The number of nitrogens with zero attached hydrogens (tertiary/aromatic N) is 2. The summed E-state index contributed by atoms with van der Waals surface area (Å²) in [6.07, 6.45) is 0. The zero-order valence-electron chi connectivity index (χ0n) is 14.5. The molecule has 0 unspecified atom stereocenters. The molecule has 0 spiro atoms. The molecule has 0 radical (unpaired) electrons. The predicted octanol–water partition coefficient (Wildman–Crippen LogP) is 2.77. The first-order valence-electron chi connectivity index (χ1n) is 8.40. The lowest BCUT2D eigenvalue weighted by Crippen LogP contribution is -2.29. The van der Waals surface area contributed by atoms with Gasteiger partial charge in [-0.25, -0.2) is 0 Å². The maximum Gasteiger partial charge on any atom is 0.261 e. The molecule has 2 heterocycles. The molecule has 1 aliphatic rings. The zero-order valence-corrected chi connectivity index (χ0v) is 14.5. The molecule has 1 aliphatic heterocycles. The number of aryl methyl sites for hydroxylation is 1. The number of aromatic amines is 1. The second kappa shape index (κ2) is 6.53. The van der Waals surface area contributed by atoms with E-state index in [0.29, 0.717) is 11.4 Å². The van der Waals surface area contributed by atoms with Crippen molar-refractivity contribution in [1.82, 2.24) is 15.1 Å². The van der Waals surface area contributed by atoms with Crippen LogP contribution in [0.15, 0.2) is 54.6 Å². The summed E-state index contributed by atoms with van der Waals surface area (Å²) in [5, 5.41) is 9.35. The Morgan fingerprint density at radius 3 is 2.48 bits per heavy atom. The maximum absolute atomic E-state index is 12.7. The van der Waals surface area contributed by atoms with Crippen LogP contribution in [0.25, 0.3) is 0 Å². The minimum absolute atomic E-state index is 0.196. The molecule has 7 heteroatoms. The number of anilines is 1. The van der Waals surface area contributed by atoms with E-state index in [1.807, 2.05) is 37.3 Å². The average Bonchev–Trinajstić information content (AvgIpc) is 3.19. The van der Waals surface area contributed by atoms with Crippen molar-refractivity contribution in [3.8, 4) is 0 Å². The fourth-order valence-corrected chi connectivity index (χ4v) is 3.01. The van der Waals surface area contributed by atoms with E-state index in [1.165, 1.54) is 23.1 Å². The van der Waals surface area contributed by atoms with Gasteiger partial charge in [0.25, 0.3) is 17.7 Å². The van der Waals surface area contributed by atoms with Crippen molar-refractivity contribution < 1.29 is 14.4 Å². The van der Waals surface area contributed by atoms with Crippen LogP contribution in [0.5, 0.6) is 0 Å². The van der Waals surface area contributed by atoms with E-state index >= 15 is 0 Å². The minimum atomic E-state index is -0.399.